The number of rotatable bonds is 9. The van der Waals surface area contributed by atoms with Gasteiger partial charge in [0.1, 0.15) is 35.0 Å². The SMILES string of the molecule is CCC(C)(Oc1ccc(C(c2ccc(Oc3cccc([C@@H](C)Cl)c3C#N)cc2)(C(F)(F)F)C(F)(F)F)cc1)c1cccc(Cl)c1C#N. The molecule has 0 N–H and O–H groups in total. The molecule has 4 nitrogen and oxygen atoms in total. The van der Waals surface area contributed by atoms with E-state index in [1.165, 1.54) is 12.1 Å². The minimum atomic E-state index is -5.82. The van der Waals surface area contributed by atoms with Crippen LogP contribution in [0.15, 0.2) is 84.9 Å². The molecule has 1 unspecified atom stereocenters. The molecule has 2 atom stereocenters. The first kappa shape index (κ1) is 35.5. The van der Waals surface area contributed by atoms with E-state index in [0.29, 0.717) is 23.3 Å². The van der Waals surface area contributed by atoms with Gasteiger partial charge in [-0.15, -0.1) is 11.6 Å². The smallest absolute Gasteiger partial charge is 0.411 e. The Morgan fingerprint density at radius 2 is 1.26 bits per heavy atom. The number of ether oxygens (including phenoxy) is 2. The lowest BCUT2D eigenvalue weighted by Gasteiger charge is -2.38. The van der Waals surface area contributed by atoms with E-state index >= 15 is 0 Å². The van der Waals surface area contributed by atoms with Gasteiger partial charge >= 0.3 is 12.4 Å². The summed E-state index contributed by atoms with van der Waals surface area (Å²) in [6, 6.07) is 20.1. The number of alkyl halides is 7. The summed E-state index contributed by atoms with van der Waals surface area (Å²) < 4.78 is 101. The molecular formula is C35H26Cl2F6N2O2. The summed E-state index contributed by atoms with van der Waals surface area (Å²) in [7, 11) is 0. The maximum absolute atomic E-state index is 14.8. The lowest BCUT2D eigenvalue weighted by Crippen LogP contribution is -2.54. The van der Waals surface area contributed by atoms with Crippen LogP contribution in [0.1, 0.15) is 65.9 Å². The van der Waals surface area contributed by atoms with Crippen molar-refractivity contribution in [2.24, 2.45) is 0 Å². The minimum absolute atomic E-state index is 0.0225. The first-order valence-corrected chi connectivity index (χ1v) is 14.9. The van der Waals surface area contributed by atoms with Gasteiger partial charge in [0, 0.05) is 5.56 Å². The lowest BCUT2D eigenvalue weighted by molar-refractivity contribution is -0.288. The average molecular weight is 691 g/mol. The molecule has 0 fully saturated rings. The van der Waals surface area contributed by atoms with Gasteiger partial charge in [0.2, 0.25) is 5.41 Å². The Kier molecular flexibility index (Phi) is 10.1. The molecule has 0 amide bonds. The molecule has 0 aliphatic rings. The van der Waals surface area contributed by atoms with E-state index in [9.17, 15) is 36.9 Å². The molecular weight excluding hydrogens is 665 g/mol. The molecule has 0 heterocycles. The Balaban J connectivity index is 1.76. The van der Waals surface area contributed by atoms with Gasteiger partial charge < -0.3 is 9.47 Å². The van der Waals surface area contributed by atoms with Crippen LogP contribution in [0.2, 0.25) is 5.02 Å². The fourth-order valence-electron chi connectivity index (χ4n) is 5.40. The fraction of sp³-hybridized carbons (Fsp3) is 0.257. The van der Waals surface area contributed by atoms with Gasteiger partial charge in [-0.1, -0.05) is 67.1 Å². The van der Waals surface area contributed by atoms with E-state index in [-0.39, 0.29) is 39.8 Å². The van der Waals surface area contributed by atoms with E-state index in [2.05, 4.69) is 0 Å². The molecule has 4 rings (SSSR count). The van der Waals surface area contributed by atoms with Crippen LogP contribution < -0.4 is 9.47 Å². The predicted molar refractivity (Wildman–Crippen MR) is 166 cm³/mol. The highest BCUT2D eigenvalue weighted by molar-refractivity contribution is 6.31. The van der Waals surface area contributed by atoms with Gasteiger partial charge in [0.15, 0.2) is 0 Å². The number of hydrogen-bond donors (Lipinski definition) is 0. The summed E-state index contributed by atoms with van der Waals surface area (Å²) in [5.41, 5.74) is -6.72. The molecule has 0 bridgehead atoms. The van der Waals surface area contributed by atoms with E-state index < -0.39 is 39.9 Å². The first-order chi connectivity index (χ1) is 22.0. The van der Waals surface area contributed by atoms with Crippen molar-refractivity contribution in [3.63, 3.8) is 0 Å². The van der Waals surface area contributed by atoms with Gasteiger partial charge in [0.05, 0.1) is 21.5 Å². The topological polar surface area (TPSA) is 66.0 Å². The zero-order valence-corrected chi connectivity index (χ0v) is 26.6. The highest BCUT2D eigenvalue weighted by atomic mass is 35.5. The molecule has 4 aromatic carbocycles. The molecule has 0 saturated heterocycles. The van der Waals surface area contributed by atoms with Crippen LogP contribution in [0.3, 0.4) is 0 Å². The Morgan fingerprint density at radius 3 is 1.72 bits per heavy atom. The van der Waals surface area contributed by atoms with Crippen molar-refractivity contribution < 1.29 is 35.8 Å². The quantitative estimate of drug-likeness (QED) is 0.129. The molecule has 12 heteroatoms. The van der Waals surface area contributed by atoms with Crippen molar-refractivity contribution in [2.75, 3.05) is 0 Å². The molecule has 4 aromatic rings. The Morgan fingerprint density at radius 1 is 0.745 bits per heavy atom. The van der Waals surface area contributed by atoms with E-state index in [4.69, 9.17) is 32.7 Å². The zero-order chi connectivity index (χ0) is 34.8. The highest BCUT2D eigenvalue weighted by Crippen LogP contribution is 2.56. The van der Waals surface area contributed by atoms with Crippen LogP contribution in [0.25, 0.3) is 0 Å². The van der Waals surface area contributed by atoms with Crippen LogP contribution in [0.5, 0.6) is 17.2 Å². The summed E-state index contributed by atoms with van der Waals surface area (Å²) in [6.45, 7) is 5.02. The van der Waals surface area contributed by atoms with Gasteiger partial charge in [-0.3, -0.25) is 0 Å². The van der Waals surface area contributed by atoms with E-state index in [1.807, 2.05) is 12.1 Å². The zero-order valence-electron chi connectivity index (χ0n) is 25.1. The molecule has 0 aliphatic carbocycles. The van der Waals surface area contributed by atoms with Crippen LogP contribution in [-0.2, 0) is 11.0 Å². The van der Waals surface area contributed by atoms with Crippen LogP contribution in [-0.4, -0.2) is 12.4 Å². The van der Waals surface area contributed by atoms with Gasteiger partial charge in [0.25, 0.3) is 0 Å². The maximum Gasteiger partial charge on any atom is 0.411 e. The highest BCUT2D eigenvalue weighted by Gasteiger charge is 2.72. The molecule has 0 spiro atoms. The number of hydrogen-bond acceptors (Lipinski definition) is 4. The van der Waals surface area contributed by atoms with Gasteiger partial charge in [-0.05, 0) is 73.4 Å². The average Bonchev–Trinajstić information content (AvgIpc) is 3.01. The number of nitrogens with zero attached hydrogens (tertiary/aromatic N) is 2. The Bertz CT molecular complexity index is 1810. The van der Waals surface area contributed by atoms with Crippen LogP contribution in [0.4, 0.5) is 26.3 Å². The Labute approximate surface area is 277 Å². The minimum Gasteiger partial charge on any atom is -0.483 e. The second-order valence-corrected chi connectivity index (χ2v) is 11.9. The van der Waals surface area contributed by atoms with Crippen molar-refractivity contribution in [2.45, 2.75) is 55.9 Å². The van der Waals surface area contributed by atoms with Crippen molar-refractivity contribution in [3.8, 4) is 29.4 Å². The predicted octanol–water partition coefficient (Wildman–Crippen LogP) is 11.3. The third-order valence-corrected chi connectivity index (χ3v) is 8.51. The van der Waals surface area contributed by atoms with Crippen LogP contribution >= 0.6 is 23.2 Å². The van der Waals surface area contributed by atoms with Crippen molar-refractivity contribution in [1.29, 1.82) is 10.5 Å². The van der Waals surface area contributed by atoms with Crippen molar-refractivity contribution in [1.82, 2.24) is 0 Å². The Hall–Kier alpha value is -4.38. The standard InChI is InChI=1S/C35H26Cl2F6N2O2/c1-4-32(3,29-8-6-9-30(37)28(29)20-45)47-25-17-13-23(14-18-25)33(34(38,39)40,35(41,42)43)22-11-15-24(16-12-22)46-31-10-5-7-26(21(2)36)27(31)19-44/h5-18,21H,4H2,1-3H3/t21-,32?/m1/s1. The summed E-state index contributed by atoms with van der Waals surface area (Å²) >= 11 is 12.3. The molecule has 47 heavy (non-hydrogen) atoms. The molecule has 0 aromatic heterocycles. The van der Waals surface area contributed by atoms with Crippen molar-refractivity contribution >= 4 is 23.2 Å². The number of halogens is 8. The van der Waals surface area contributed by atoms with Gasteiger partial charge in [-0.25, -0.2) is 0 Å². The summed E-state index contributed by atoms with van der Waals surface area (Å²) in [6.07, 6.45) is -11.4. The monoisotopic (exact) mass is 690 g/mol. The molecule has 0 saturated carbocycles. The third-order valence-electron chi connectivity index (χ3n) is 7.96. The van der Waals surface area contributed by atoms with Gasteiger partial charge in [-0.2, -0.15) is 36.9 Å². The summed E-state index contributed by atoms with van der Waals surface area (Å²) in [5.74, 6) is -0.0773. The van der Waals surface area contributed by atoms with Crippen molar-refractivity contribution in [3.05, 3.63) is 123 Å². The first-order valence-electron chi connectivity index (χ1n) is 14.1. The van der Waals surface area contributed by atoms with E-state index in [1.54, 1.807) is 45.0 Å². The molecule has 0 aliphatic heterocycles. The lowest BCUT2D eigenvalue weighted by atomic mass is 9.73. The molecule has 0 radical (unpaired) electrons. The summed E-state index contributed by atoms with van der Waals surface area (Å²) in [4.78, 5) is 0. The third kappa shape index (κ3) is 6.58. The van der Waals surface area contributed by atoms with Crippen LogP contribution in [0, 0.1) is 22.7 Å². The largest absolute Gasteiger partial charge is 0.483 e. The molecule has 244 valence electrons. The second kappa shape index (κ2) is 13.4. The number of nitriles is 2. The fourth-order valence-corrected chi connectivity index (χ4v) is 5.79. The summed E-state index contributed by atoms with van der Waals surface area (Å²) in [5, 5.41) is 18.8. The second-order valence-electron chi connectivity index (χ2n) is 10.8. The van der Waals surface area contributed by atoms with E-state index in [0.717, 1.165) is 36.4 Å². The maximum atomic E-state index is 14.8. The normalized spacial score (nSPS) is 14.0. The number of benzene rings is 4.